The van der Waals surface area contributed by atoms with Gasteiger partial charge in [0.25, 0.3) is 0 Å². The molecule has 2 aliphatic heterocycles. The summed E-state index contributed by atoms with van der Waals surface area (Å²) in [5.74, 6) is 0.809. The lowest BCUT2D eigenvalue weighted by Crippen LogP contribution is -2.66. The van der Waals surface area contributed by atoms with E-state index in [-0.39, 0.29) is 22.8 Å². The van der Waals surface area contributed by atoms with Crippen molar-refractivity contribution in [2.75, 3.05) is 19.6 Å². The number of amides is 1. The Morgan fingerprint density at radius 1 is 1.32 bits per heavy atom. The van der Waals surface area contributed by atoms with Crippen LogP contribution in [0.3, 0.4) is 0 Å². The molecule has 0 spiro atoms. The number of rotatable bonds is 1. The zero-order valence-electron chi connectivity index (χ0n) is 15.6. The molecule has 2 saturated heterocycles. The monoisotopic (exact) mass is 342 g/mol. The number of phenolic OH excluding ortho intramolecular Hbond substituents is 1. The highest BCUT2D eigenvalue weighted by atomic mass is 16.3. The molecule has 1 aliphatic carbocycles. The van der Waals surface area contributed by atoms with Crippen molar-refractivity contribution in [1.29, 1.82) is 0 Å². The topological polar surface area (TPSA) is 52.6 Å². The fraction of sp³-hybridized carbons (Fsp3) is 0.667. The Morgan fingerprint density at radius 2 is 2.12 bits per heavy atom. The van der Waals surface area contributed by atoms with Gasteiger partial charge in [0.15, 0.2) is 0 Å². The van der Waals surface area contributed by atoms with Gasteiger partial charge in [0.05, 0.1) is 5.92 Å². The van der Waals surface area contributed by atoms with E-state index in [2.05, 4.69) is 37.1 Å². The number of nitrogens with one attached hydrogen (secondary N) is 1. The maximum atomic E-state index is 13.3. The Bertz CT molecular complexity index is 693. The predicted octanol–water partition coefficient (Wildman–Crippen LogP) is 2.83. The summed E-state index contributed by atoms with van der Waals surface area (Å²) < 4.78 is 0. The molecule has 1 amide bonds. The van der Waals surface area contributed by atoms with Gasteiger partial charge in [0.2, 0.25) is 5.91 Å². The molecule has 0 radical (unpaired) electrons. The van der Waals surface area contributed by atoms with E-state index in [0.29, 0.717) is 11.7 Å². The van der Waals surface area contributed by atoms with Gasteiger partial charge in [-0.2, -0.15) is 0 Å². The Morgan fingerprint density at radius 3 is 2.84 bits per heavy atom. The highest BCUT2D eigenvalue weighted by Crippen LogP contribution is 2.57. The normalized spacial score (nSPS) is 33.6. The van der Waals surface area contributed by atoms with Gasteiger partial charge in [-0.15, -0.1) is 0 Å². The third-order valence-corrected chi connectivity index (χ3v) is 7.56. The van der Waals surface area contributed by atoms with Crippen molar-refractivity contribution in [3.8, 4) is 5.75 Å². The van der Waals surface area contributed by atoms with Gasteiger partial charge in [-0.1, -0.05) is 32.9 Å². The average molecular weight is 342 g/mol. The number of fused-ring (bicyclic) bond motifs is 4. The number of carbonyl (C=O) groups is 1. The van der Waals surface area contributed by atoms with E-state index in [1.54, 1.807) is 6.07 Å². The van der Waals surface area contributed by atoms with Gasteiger partial charge in [0.1, 0.15) is 5.75 Å². The highest BCUT2D eigenvalue weighted by molar-refractivity contribution is 5.80. The number of phenols is 1. The summed E-state index contributed by atoms with van der Waals surface area (Å²) in [6, 6.07) is 6.07. The molecular weight excluding hydrogens is 312 g/mol. The lowest BCUT2D eigenvalue weighted by Gasteiger charge is -2.61. The highest BCUT2D eigenvalue weighted by Gasteiger charge is 2.57. The molecule has 136 valence electrons. The molecule has 25 heavy (non-hydrogen) atoms. The van der Waals surface area contributed by atoms with Crippen molar-refractivity contribution < 1.29 is 9.90 Å². The van der Waals surface area contributed by atoms with Crippen LogP contribution in [0.1, 0.15) is 51.2 Å². The van der Waals surface area contributed by atoms with Gasteiger partial charge in [0, 0.05) is 24.5 Å². The van der Waals surface area contributed by atoms with Crippen molar-refractivity contribution in [2.24, 2.45) is 11.3 Å². The lowest BCUT2D eigenvalue weighted by molar-refractivity contribution is -0.148. The molecule has 2 fully saturated rings. The molecule has 4 rings (SSSR count). The lowest BCUT2D eigenvalue weighted by atomic mass is 9.51. The second kappa shape index (κ2) is 5.73. The van der Waals surface area contributed by atoms with Gasteiger partial charge in [-0.25, -0.2) is 0 Å². The van der Waals surface area contributed by atoms with E-state index in [9.17, 15) is 9.90 Å². The SMILES string of the molecule is CC1(C)[C@H]2Cc3c(O)cccc3[C@]1(C)CCN2C(=O)C1CCCNC1. The van der Waals surface area contributed by atoms with E-state index in [1.807, 2.05) is 6.07 Å². The number of nitrogens with zero attached hydrogens (tertiary/aromatic N) is 1. The molecule has 0 saturated carbocycles. The molecule has 0 aromatic heterocycles. The van der Waals surface area contributed by atoms with E-state index in [0.717, 1.165) is 50.9 Å². The number of benzene rings is 1. The van der Waals surface area contributed by atoms with Crippen LogP contribution in [0.25, 0.3) is 0 Å². The average Bonchev–Trinajstić information content (AvgIpc) is 2.59. The van der Waals surface area contributed by atoms with E-state index in [4.69, 9.17) is 0 Å². The number of likely N-dealkylation sites (tertiary alicyclic amines) is 1. The minimum Gasteiger partial charge on any atom is -0.508 e. The first-order valence-corrected chi connectivity index (χ1v) is 9.69. The molecule has 2 heterocycles. The maximum Gasteiger partial charge on any atom is 0.227 e. The second-order valence-corrected chi connectivity index (χ2v) is 8.90. The van der Waals surface area contributed by atoms with E-state index in [1.165, 1.54) is 5.56 Å². The summed E-state index contributed by atoms with van der Waals surface area (Å²) in [5, 5.41) is 13.8. The largest absolute Gasteiger partial charge is 0.508 e. The van der Waals surface area contributed by atoms with Gasteiger partial charge < -0.3 is 15.3 Å². The number of hydrogen-bond acceptors (Lipinski definition) is 3. The van der Waals surface area contributed by atoms with Crippen LogP contribution in [0, 0.1) is 11.3 Å². The summed E-state index contributed by atoms with van der Waals surface area (Å²) in [5.41, 5.74) is 2.31. The Kier molecular flexibility index (Phi) is 3.87. The molecule has 1 unspecified atom stereocenters. The van der Waals surface area contributed by atoms with E-state index < -0.39 is 0 Å². The first-order chi connectivity index (χ1) is 11.9. The summed E-state index contributed by atoms with van der Waals surface area (Å²) in [4.78, 5) is 15.4. The Hall–Kier alpha value is -1.55. The molecular formula is C21H30N2O2. The number of aromatic hydroxyl groups is 1. The Balaban J connectivity index is 1.72. The van der Waals surface area contributed by atoms with Crippen molar-refractivity contribution in [3.05, 3.63) is 29.3 Å². The third-order valence-electron chi connectivity index (χ3n) is 7.56. The fourth-order valence-corrected chi connectivity index (χ4v) is 5.49. The van der Waals surface area contributed by atoms with Crippen LogP contribution < -0.4 is 5.32 Å². The van der Waals surface area contributed by atoms with Crippen LogP contribution in [0.5, 0.6) is 5.75 Å². The fourth-order valence-electron chi connectivity index (χ4n) is 5.49. The van der Waals surface area contributed by atoms with Gasteiger partial charge in [-0.3, -0.25) is 4.79 Å². The summed E-state index contributed by atoms with van der Waals surface area (Å²) >= 11 is 0. The van der Waals surface area contributed by atoms with Crippen LogP contribution in [0.15, 0.2) is 18.2 Å². The van der Waals surface area contributed by atoms with Crippen molar-refractivity contribution in [1.82, 2.24) is 10.2 Å². The molecule has 3 aliphatic rings. The minimum atomic E-state index is -0.0101. The molecule has 2 bridgehead atoms. The number of carbonyl (C=O) groups excluding carboxylic acids is 1. The first kappa shape index (κ1) is 16.9. The van der Waals surface area contributed by atoms with Crippen LogP contribution >= 0.6 is 0 Å². The third kappa shape index (κ3) is 2.33. The molecule has 3 atom stereocenters. The van der Waals surface area contributed by atoms with Crippen LogP contribution in [0.2, 0.25) is 0 Å². The van der Waals surface area contributed by atoms with Crippen molar-refractivity contribution >= 4 is 5.91 Å². The molecule has 4 nitrogen and oxygen atoms in total. The zero-order valence-corrected chi connectivity index (χ0v) is 15.6. The quantitative estimate of drug-likeness (QED) is 0.825. The Labute approximate surface area is 150 Å². The molecule has 2 N–H and O–H groups in total. The maximum absolute atomic E-state index is 13.3. The number of piperidine rings is 2. The van der Waals surface area contributed by atoms with Crippen molar-refractivity contribution in [3.63, 3.8) is 0 Å². The summed E-state index contributed by atoms with van der Waals surface area (Å²) in [7, 11) is 0. The minimum absolute atomic E-state index is 0.00835. The van der Waals surface area contributed by atoms with Crippen molar-refractivity contribution in [2.45, 2.75) is 57.9 Å². The van der Waals surface area contributed by atoms with Crippen LogP contribution in [-0.4, -0.2) is 41.6 Å². The van der Waals surface area contributed by atoms with Crippen LogP contribution in [-0.2, 0) is 16.6 Å². The number of hydrogen-bond donors (Lipinski definition) is 2. The van der Waals surface area contributed by atoms with Crippen LogP contribution in [0.4, 0.5) is 0 Å². The predicted molar refractivity (Wildman–Crippen MR) is 98.7 cm³/mol. The molecule has 4 heteroatoms. The summed E-state index contributed by atoms with van der Waals surface area (Å²) in [6.45, 7) is 9.60. The molecule has 1 aromatic carbocycles. The molecule has 1 aromatic rings. The standard InChI is InChI=1S/C21H30N2O2/c1-20(2)18-12-15-16(7-4-8-17(15)24)21(20,3)9-11-23(18)19(25)14-6-5-10-22-13-14/h4,7-8,14,18,22,24H,5-6,9-13H2,1-3H3/t14?,18-,21+/m1/s1. The summed E-state index contributed by atoms with van der Waals surface area (Å²) in [6.07, 6.45) is 3.80. The van der Waals surface area contributed by atoms with Gasteiger partial charge in [-0.05, 0) is 54.8 Å². The van der Waals surface area contributed by atoms with Gasteiger partial charge >= 0.3 is 0 Å². The van der Waals surface area contributed by atoms with E-state index >= 15 is 0 Å². The smallest absolute Gasteiger partial charge is 0.227 e. The zero-order chi connectivity index (χ0) is 17.8. The first-order valence-electron chi connectivity index (χ1n) is 9.69. The second-order valence-electron chi connectivity index (χ2n) is 8.90.